The third-order valence-electron chi connectivity index (χ3n) is 2.26. The van der Waals surface area contributed by atoms with E-state index in [1.165, 1.54) is 12.4 Å². The van der Waals surface area contributed by atoms with E-state index in [2.05, 4.69) is 14.7 Å². The first-order valence-electron chi connectivity index (χ1n) is 5.06. The van der Waals surface area contributed by atoms with Crippen molar-refractivity contribution in [2.75, 3.05) is 10.5 Å². The van der Waals surface area contributed by atoms with Crippen LogP contribution in [0.1, 0.15) is 10.6 Å². The van der Waals surface area contributed by atoms with Gasteiger partial charge in [-0.25, -0.2) is 18.4 Å². The number of nitrogens with one attached hydrogen (secondary N) is 1. The molecule has 3 N–H and O–H groups in total. The summed E-state index contributed by atoms with van der Waals surface area (Å²) in [6.45, 7) is 3.53. The molecule has 2 heterocycles. The number of aromatic nitrogens is 2. The molecule has 96 valence electrons. The number of thiazole rings is 1. The van der Waals surface area contributed by atoms with Crippen LogP contribution in [-0.2, 0) is 10.0 Å². The van der Waals surface area contributed by atoms with Crippen LogP contribution < -0.4 is 10.5 Å². The highest BCUT2D eigenvalue weighted by molar-refractivity contribution is 7.94. The van der Waals surface area contributed by atoms with Crippen LogP contribution in [-0.4, -0.2) is 18.4 Å². The Hall–Kier alpha value is -1.67. The molecule has 0 aliphatic carbocycles. The van der Waals surface area contributed by atoms with Crippen LogP contribution in [0.4, 0.5) is 11.5 Å². The summed E-state index contributed by atoms with van der Waals surface area (Å²) in [6.07, 6.45) is 2.75. The maximum absolute atomic E-state index is 12.0. The highest BCUT2D eigenvalue weighted by atomic mass is 32.2. The van der Waals surface area contributed by atoms with Gasteiger partial charge in [0.1, 0.15) is 5.82 Å². The van der Waals surface area contributed by atoms with Gasteiger partial charge in [-0.3, -0.25) is 4.72 Å². The van der Waals surface area contributed by atoms with Crippen molar-refractivity contribution >= 4 is 32.9 Å². The molecule has 0 atom stereocenters. The summed E-state index contributed by atoms with van der Waals surface area (Å²) < 4.78 is 26.6. The monoisotopic (exact) mass is 284 g/mol. The molecular formula is C10H12N4O2S2. The Labute approximate surface area is 109 Å². The van der Waals surface area contributed by atoms with Crippen molar-refractivity contribution in [2.45, 2.75) is 18.1 Å². The molecule has 0 aromatic carbocycles. The Morgan fingerprint density at radius 3 is 2.56 bits per heavy atom. The lowest BCUT2D eigenvalue weighted by molar-refractivity contribution is 0.603. The minimum absolute atomic E-state index is 0.163. The molecule has 6 nitrogen and oxygen atoms in total. The normalized spacial score (nSPS) is 11.4. The summed E-state index contributed by atoms with van der Waals surface area (Å²) in [6, 6.07) is 1.58. The van der Waals surface area contributed by atoms with Crippen LogP contribution in [0.5, 0.6) is 0 Å². The van der Waals surface area contributed by atoms with E-state index in [9.17, 15) is 8.42 Å². The minimum Gasteiger partial charge on any atom is -0.397 e. The van der Waals surface area contributed by atoms with Crippen molar-refractivity contribution in [3.63, 3.8) is 0 Å². The van der Waals surface area contributed by atoms with E-state index in [0.717, 1.165) is 16.9 Å². The lowest BCUT2D eigenvalue weighted by Gasteiger charge is -2.06. The standard InChI is InChI=1S/C10H12N4O2S2/c1-6-3-9(13-4-8(6)11)14-18(15,16)10-5-12-7(2)17-10/h3-5H,11H2,1-2H3,(H,13,14). The summed E-state index contributed by atoms with van der Waals surface area (Å²) in [5.41, 5.74) is 6.91. The first-order valence-corrected chi connectivity index (χ1v) is 7.36. The summed E-state index contributed by atoms with van der Waals surface area (Å²) in [5, 5.41) is 0.692. The molecule has 0 amide bonds. The average Bonchev–Trinajstić information content (AvgIpc) is 2.71. The summed E-state index contributed by atoms with van der Waals surface area (Å²) >= 11 is 1.11. The lowest BCUT2D eigenvalue weighted by Crippen LogP contribution is -2.13. The molecule has 0 aliphatic rings. The van der Waals surface area contributed by atoms with Gasteiger partial charge in [0.2, 0.25) is 0 Å². The average molecular weight is 284 g/mol. The fraction of sp³-hybridized carbons (Fsp3) is 0.200. The largest absolute Gasteiger partial charge is 0.397 e. The maximum atomic E-state index is 12.0. The van der Waals surface area contributed by atoms with Gasteiger partial charge in [-0.15, -0.1) is 11.3 Å². The van der Waals surface area contributed by atoms with Crippen molar-refractivity contribution in [3.8, 4) is 0 Å². The van der Waals surface area contributed by atoms with Gasteiger partial charge in [0.25, 0.3) is 10.0 Å². The van der Waals surface area contributed by atoms with E-state index in [0.29, 0.717) is 10.7 Å². The fourth-order valence-corrected chi connectivity index (χ4v) is 3.38. The molecule has 0 saturated heterocycles. The van der Waals surface area contributed by atoms with Crippen molar-refractivity contribution in [1.29, 1.82) is 0 Å². The molecule has 0 radical (unpaired) electrons. The number of nitrogen functional groups attached to an aromatic ring is 1. The van der Waals surface area contributed by atoms with Gasteiger partial charge in [0.15, 0.2) is 4.21 Å². The van der Waals surface area contributed by atoms with Gasteiger partial charge in [0, 0.05) is 0 Å². The van der Waals surface area contributed by atoms with Crippen LogP contribution in [0.25, 0.3) is 0 Å². The molecule has 2 aromatic rings. The molecule has 0 fully saturated rings. The first-order chi connectivity index (χ1) is 8.38. The Morgan fingerprint density at radius 1 is 1.28 bits per heavy atom. The van der Waals surface area contributed by atoms with Crippen molar-refractivity contribution < 1.29 is 8.42 Å². The number of nitrogens with zero attached hydrogens (tertiary/aromatic N) is 2. The van der Waals surface area contributed by atoms with Crippen LogP contribution in [0.2, 0.25) is 0 Å². The quantitative estimate of drug-likeness (QED) is 0.890. The number of nitrogens with two attached hydrogens (primary N) is 1. The third-order valence-corrected chi connectivity index (χ3v) is 4.98. The van der Waals surface area contributed by atoms with Gasteiger partial charge in [0.05, 0.1) is 23.1 Å². The van der Waals surface area contributed by atoms with E-state index in [-0.39, 0.29) is 10.0 Å². The van der Waals surface area contributed by atoms with E-state index < -0.39 is 10.0 Å². The predicted molar refractivity (Wildman–Crippen MR) is 71.0 cm³/mol. The SMILES string of the molecule is Cc1ncc(S(=O)(=O)Nc2cc(C)c(N)cn2)s1. The number of anilines is 2. The van der Waals surface area contributed by atoms with Gasteiger partial charge in [-0.05, 0) is 25.5 Å². The first kappa shape index (κ1) is 12.8. The number of aryl methyl sites for hydroxylation is 2. The molecule has 2 rings (SSSR count). The molecule has 0 spiro atoms. The van der Waals surface area contributed by atoms with E-state index in [1.807, 2.05) is 0 Å². The third kappa shape index (κ3) is 2.59. The highest BCUT2D eigenvalue weighted by Crippen LogP contribution is 2.21. The van der Waals surface area contributed by atoms with E-state index in [4.69, 9.17) is 5.73 Å². The number of hydrogen-bond acceptors (Lipinski definition) is 6. The zero-order valence-electron chi connectivity index (χ0n) is 9.84. The number of sulfonamides is 1. The number of hydrogen-bond donors (Lipinski definition) is 2. The number of rotatable bonds is 3. The van der Waals surface area contributed by atoms with E-state index >= 15 is 0 Å². The highest BCUT2D eigenvalue weighted by Gasteiger charge is 2.17. The summed E-state index contributed by atoms with van der Waals surface area (Å²) in [5.74, 6) is 0.243. The molecule has 0 saturated carbocycles. The molecule has 0 bridgehead atoms. The maximum Gasteiger partial charge on any atom is 0.274 e. The van der Waals surface area contributed by atoms with Gasteiger partial charge in [-0.1, -0.05) is 0 Å². The summed E-state index contributed by atoms with van der Waals surface area (Å²) in [7, 11) is -3.62. The molecule has 8 heteroatoms. The second-order valence-corrected chi connectivity index (χ2v) is 6.87. The van der Waals surface area contributed by atoms with Gasteiger partial charge >= 0.3 is 0 Å². The topological polar surface area (TPSA) is 98.0 Å². The Balaban J connectivity index is 2.30. The predicted octanol–water partition coefficient (Wildman–Crippen LogP) is 1.54. The van der Waals surface area contributed by atoms with Crippen LogP contribution in [0.3, 0.4) is 0 Å². The summed E-state index contributed by atoms with van der Waals surface area (Å²) in [4.78, 5) is 7.84. The van der Waals surface area contributed by atoms with Crippen LogP contribution in [0.15, 0.2) is 22.7 Å². The number of pyridine rings is 1. The Bertz CT molecular complexity index is 679. The van der Waals surface area contributed by atoms with E-state index in [1.54, 1.807) is 19.9 Å². The van der Waals surface area contributed by atoms with Crippen LogP contribution >= 0.6 is 11.3 Å². The molecular weight excluding hydrogens is 272 g/mol. The Morgan fingerprint density at radius 2 is 2.00 bits per heavy atom. The Kier molecular flexibility index (Phi) is 3.22. The zero-order chi connectivity index (χ0) is 13.3. The van der Waals surface area contributed by atoms with Crippen LogP contribution in [0, 0.1) is 13.8 Å². The fourth-order valence-electron chi connectivity index (χ4n) is 1.28. The second-order valence-electron chi connectivity index (χ2n) is 3.73. The van der Waals surface area contributed by atoms with Gasteiger partial charge in [-0.2, -0.15) is 0 Å². The zero-order valence-corrected chi connectivity index (χ0v) is 11.5. The van der Waals surface area contributed by atoms with Crippen molar-refractivity contribution in [2.24, 2.45) is 0 Å². The molecule has 0 unspecified atom stereocenters. The molecule has 2 aromatic heterocycles. The van der Waals surface area contributed by atoms with Crippen molar-refractivity contribution in [1.82, 2.24) is 9.97 Å². The molecule has 0 aliphatic heterocycles. The molecule has 18 heavy (non-hydrogen) atoms. The lowest BCUT2D eigenvalue weighted by atomic mass is 10.2. The second kappa shape index (κ2) is 4.54. The minimum atomic E-state index is -3.62. The van der Waals surface area contributed by atoms with Crippen molar-refractivity contribution in [3.05, 3.63) is 29.0 Å². The smallest absolute Gasteiger partial charge is 0.274 e. The van der Waals surface area contributed by atoms with Gasteiger partial charge < -0.3 is 5.73 Å².